The third-order valence-corrected chi connectivity index (χ3v) is 5.87. The topological polar surface area (TPSA) is 236 Å². The maximum absolute atomic E-state index is 13.1. The van der Waals surface area contributed by atoms with Crippen LogP contribution in [-0.2, 0) is 62.3 Å². The van der Waals surface area contributed by atoms with E-state index < -0.39 is 74.8 Å². The number of carbonyl (C=O) groups excluding carboxylic acids is 3. The molecule has 1 aromatic rings. The molecule has 0 aliphatic heterocycles. The number of nitrogens with one attached hydrogen (secondary N) is 3. The number of hydrogen-bond donors (Lipinski definition) is 3. The summed E-state index contributed by atoms with van der Waals surface area (Å²) in [6, 6.07) is 0. The SMILES string of the molecule is COCCOCCNC(=O)OCCn1c(=O)n(CCOC(=O)NCCOCCOC)c(=O)n(CCOC(=O)NCCOCCOC)c1=O. The van der Waals surface area contributed by atoms with Crippen molar-refractivity contribution in [1.82, 2.24) is 29.7 Å². The largest absolute Gasteiger partial charge is 0.448 e. The molecule has 0 saturated heterocycles. The van der Waals surface area contributed by atoms with Crippen molar-refractivity contribution in [3.05, 3.63) is 31.5 Å². The van der Waals surface area contributed by atoms with Gasteiger partial charge in [-0.2, -0.15) is 0 Å². The third kappa shape index (κ3) is 18.4. The van der Waals surface area contributed by atoms with E-state index in [0.29, 0.717) is 53.3 Å². The predicted octanol–water partition coefficient (Wildman–Crippen LogP) is -2.66. The molecule has 3 N–H and O–H groups in total. The van der Waals surface area contributed by atoms with Gasteiger partial charge in [0.1, 0.15) is 19.8 Å². The highest BCUT2D eigenvalue weighted by atomic mass is 16.6. The van der Waals surface area contributed by atoms with E-state index in [4.69, 9.17) is 42.6 Å². The van der Waals surface area contributed by atoms with E-state index in [-0.39, 0.29) is 39.5 Å². The Kier molecular flexibility index (Phi) is 23.6. The van der Waals surface area contributed by atoms with Crippen LogP contribution in [0.25, 0.3) is 0 Å². The van der Waals surface area contributed by atoms with Crippen molar-refractivity contribution in [3.63, 3.8) is 0 Å². The molecule has 0 unspecified atom stereocenters. The van der Waals surface area contributed by atoms with Gasteiger partial charge in [-0.25, -0.2) is 42.5 Å². The Morgan fingerprint density at radius 2 is 0.708 bits per heavy atom. The Bertz CT molecular complexity index is 1060. The molecule has 0 aromatic carbocycles. The quantitative estimate of drug-likeness (QED) is 0.0629. The first-order valence-corrected chi connectivity index (χ1v) is 15.1. The molecular weight excluding hydrogens is 648 g/mol. The van der Waals surface area contributed by atoms with Crippen LogP contribution in [0.4, 0.5) is 14.4 Å². The first-order valence-electron chi connectivity index (χ1n) is 15.1. The first kappa shape index (κ1) is 42.0. The number of amides is 3. The van der Waals surface area contributed by atoms with E-state index in [9.17, 15) is 28.8 Å². The van der Waals surface area contributed by atoms with Crippen molar-refractivity contribution in [2.75, 3.05) is 120 Å². The zero-order chi connectivity index (χ0) is 35.4. The van der Waals surface area contributed by atoms with Gasteiger partial charge in [-0.1, -0.05) is 0 Å². The van der Waals surface area contributed by atoms with E-state index in [1.807, 2.05) is 0 Å². The van der Waals surface area contributed by atoms with Crippen LogP contribution in [0.2, 0.25) is 0 Å². The Morgan fingerprint density at radius 3 is 0.958 bits per heavy atom. The van der Waals surface area contributed by atoms with Crippen LogP contribution >= 0.6 is 0 Å². The van der Waals surface area contributed by atoms with Crippen molar-refractivity contribution in [3.8, 4) is 0 Å². The molecule has 1 heterocycles. The molecular formula is C27H48N6O15. The van der Waals surface area contributed by atoms with Gasteiger partial charge in [-0.3, -0.25) is 0 Å². The summed E-state index contributed by atoms with van der Waals surface area (Å²) < 4.78 is 47.4. The average molecular weight is 697 g/mol. The molecule has 0 spiro atoms. The summed E-state index contributed by atoms with van der Waals surface area (Å²) >= 11 is 0. The lowest BCUT2D eigenvalue weighted by Gasteiger charge is -2.15. The molecule has 0 bridgehead atoms. The first-order chi connectivity index (χ1) is 23.3. The van der Waals surface area contributed by atoms with E-state index in [0.717, 1.165) is 0 Å². The van der Waals surface area contributed by atoms with Gasteiger partial charge in [0.15, 0.2) is 0 Å². The predicted molar refractivity (Wildman–Crippen MR) is 165 cm³/mol. The van der Waals surface area contributed by atoms with Gasteiger partial charge in [0.2, 0.25) is 0 Å². The molecule has 0 atom stereocenters. The minimum Gasteiger partial charge on any atom is -0.448 e. The molecule has 0 fully saturated rings. The molecule has 0 aliphatic rings. The number of hydrogen-bond acceptors (Lipinski definition) is 15. The molecule has 0 aliphatic carbocycles. The van der Waals surface area contributed by atoms with Crippen molar-refractivity contribution >= 4 is 18.3 Å². The summed E-state index contributed by atoms with van der Waals surface area (Å²) in [4.78, 5) is 75.4. The fraction of sp³-hybridized carbons (Fsp3) is 0.778. The summed E-state index contributed by atoms with van der Waals surface area (Å²) in [5, 5.41) is 7.35. The van der Waals surface area contributed by atoms with Crippen LogP contribution in [0.1, 0.15) is 0 Å². The summed E-state index contributed by atoms with van der Waals surface area (Å²) in [6.45, 7) is 0.827. The Hall–Kier alpha value is -4.02. The van der Waals surface area contributed by atoms with Gasteiger partial charge >= 0.3 is 35.3 Å². The molecule has 1 rings (SSSR count). The summed E-state index contributed by atoms with van der Waals surface area (Å²) in [5.74, 6) is 0. The number of nitrogens with zero attached hydrogens (tertiary/aromatic N) is 3. The van der Waals surface area contributed by atoms with E-state index >= 15 is 0 Å². The fourth-order valence-corrected chi connectivity index (χ4v) is 3.51. The van der Waals surface area contributed by atoms with Crippen molar-refractivity contribution < 1.29 is 57.0 Å². The minimum absolute atomic E-state index is 0.142. The van der Waals surface area contributed by atoms with Crippen LogP contribution in [0.3, 0.4) is 0 Å². The molecule has 48 heavy (non-hydrogen) atoms. The second kappa shape index (κ2) is 27.0. The summed E-state index contributed by atoms with van der Waals surface area (Å²) in [7, 11) is 4.58. The number of methoxy groups -OCH3 is 3. The molecule has 21 heteroatoms. The lowest BCUT2D eigenvalue weighted by molar-refractivity contribution is 0.0702. The Morgan fingerprint density at radius 1 is 0.438 bits per heavy atom. The van der Waals surface area contributed by atoms with Gasteiger partial charge in [0.25, 0.3) is 0 Å². The van der Waals surface area contributed by atoms with Crippen LogP contribution in [0, 0.1) is 0 Å². The third-order valence-electron chi connectivity index (χ3n) is 5.87. The normalized spacial score (nSPS) is 10.8. The molecule has 21 nitrogen and oxygen atoms in total. The van der Waals surface area contributed by atoms with Crippen molar-refractivity contribution in [1.29, 1.82) is 0 Å². The molecule has 3 amide bonds. The molecule has 0 radical (unpaired) electrons. The number of ether oxygens (including phenoxy) is 9. The standard InChI is InChI=1S/C27H48N6O15/c1-40-16-19-43-10-4-28-22(34)46-13-7-31-25(37)32(8-14-47-23(35)29-5-11-44-20-17-41-2)27(39)33(26(31)38)9-15-48-24(36)30-6-12-45-21-18-42-3/h4-21H2,1-3H3,(H,28,34)(H,29,35)(H,30,36). The Balaban J connectivity index is 2.85. The van der Waals surface area contributed by atoms with Gasteiger partial charge in [-0.15, -0.1) is 0 Å². The average Bonchev–Trinajstić information content (AvgIpc) is 3.07. The van der Waals surface area contributed by atoms with Gasteiger partial charge in [0, 0.05) is 41.0 Å². The monoisotopic (exact) mass is 696 g/mol. The maximum Gasteiger partial charge on any atom is 0.407 e. The highest BCUT2D eigenvalue weighted by Gasteiger charge is 2.17. The van der Waals surface area contributed by atoms with Crippen molar-refractivity contribution in [2.24, 2.45) is 0 Å². The lowest BCUT2D eigenvalue weighted by atomic mass is 10.5. The van der Waals surface area contributed by atoms with Crippen LogP contribution in [-0.4, -0.2) is 152 Å². The number of aromatic nitrogens is 3. The summed E-state index contributed by atoms with van der Waals surface area (Å²) in [5.41, 5.74) is -3.08. The lowest BCUT2D eigenvalue weighted by Crippen LogP contribution is -2.55. The number of rotatable bonds is 27. The molecule has 0 saturated carbocycles. The Labute approximate surface area is 276 Å². The number of carbonyl (C=O) groups is 3. The zero-order valence-corrected chi connectivity index (χ0v) is 27.7. The number of alkyl carbamates (subject to hydrolysis) is 3. The minimum atomic E-state index is -1.03. The van der Waals surface area contributed by atoms with E-state index in [1.165, 1.54) is 21.3 Å². The van der Waals surface area contributed by atoms with Crippen molar-refractivity contribution in [2.45, 2.75) is 19.6 Å². The van der Waals surface area contributed by atoms with Gasteiger partial charge in [0.05, 0.1) is 79.1 Å². The van der Waals surface area contributed by atoms with E-state index in [2.05, 4.69) is 16.0 Å². The fourth-order valence-electron chi connectivity index (χ4n) is 3.51. The molecule has 276 valence electrons. The van der Waals surface area contributed by atoms with Gasteiger partial charge in [-0.05, 0) is 0 Å². The van der Waals surface area contributed by atoms with Crippen LogP contribution < -0.4 is 33.0 Å². The highest BCUT2D eigenvalue weighted by molar-refractivity contribution is 5.67. The zero-order valence-electron chi connectivity index (χ0n) is 27.7. The molecule has 1 aromatic heterocycles. The smallest absolute Gasteiger partial charge is 0.407 e. The highest BCUT2D eigenvalue weighted by Crippen LogP contribution is 1.87. The van der Waals surface area contributed by atoms with Crippen LogP contribution in [0.5, 0.6) is 0 Å². The van der Waals surface area contributed by atoms with Gasteiger partial charge < -0.3 is 58.6 Å². The van der Waals surface area contributed by atoms with Crippen LogP contribution in [0.15, 0.2) is 14.4 Å². The maximum atomic E-state index is 13.1. The second-order valence-electron chi connectivity index (χ2n) is 9.31. The van der Waals surface area contributed by atoms with E-state index in [1.54, 1.807) is 0 Å². The second-order valence-corrected chi connectivity index (χ2v) is 9.31. The summed E-state index contributed by atoms with van der Waals surface area (Å²) in [6.07, 6.45) is -2.46.